The van der Waals surface area contributed by atoms with Crippen molar-refractivity contribution in [3.05, 3.63) is 0 Å². The maximum atomic E-state index is 10.8. The number of nitriles is 1. The van der Waals surface area contributed by atoms with Gasteiger partial charge in [-0.2, -0.15) is 5.26 Å². The van der Waals surface area contributed by atoms with E-state index in [2.05, 4.69) is 5.32 Å². The van der Waals surface area contributed by atoms with E-state index in [0.29, 0.717) is 6.42 Å². The van der Waals surface area contributed by atoms with E-state index in [9.17, 15) is 9.59 Å². The Hall–Kier alpha value is -1.57. The maximum absolute atomic E-state index is 10.8. The molecule has 0 aromatic heterocycles. The molecule has 0 fully saturated rings. The van der Waals surface area contributed by atoms with Crippen molar-refractivity contribution >= 4 is 11.9 Å². The molecule has 0 saturated carbocycles. The smallest absolute Gasteiger partial charge is 0.341 e. The maximum Gasteiger partial charge on any atom is 0.341 e. The molecule has 0 radical (unpaired) electrons. The van der Waals surface area contributed by atoms with Crippen molar-refractivity contribution < 1.29 is 14.7 Å². The highest BCUT2D eigenvalue weighted by Gasteiger charge is 2.17. The second kappa shape index (κ2) is 5.13. The summed E-state index contributed by atoms with van der Waals surface area (Å²) in [6.45, 7) is 1.79. The lowest BCUT2D eigenvalue weighted by Crippen LogP contribution is -2.39. The molecule has 2 N–H and O–H groups in total. The first-order valence-electron chi connectivity index (χ1n) is 3.53. The van der Waals surface area contributed by atoms with Crippen LogP contribution in [0.5, 0.6) is 0 Å². The first-order valence-corrected chi connectivity index (χ1v) is 3.53. The predicted molar refractivity (Wildman–Crippen MR) is 40.1 cm³/mol. The summed E-state index contributed by atoms with van der Waals surface area (Å²) >= 11 is 0. The van der Waals surface area contributed by atoms with Crippen molar-refractivity contribution in [2.24, 2.45) is 0 Å². The molecule has 0 spiro atoms. The van der Waals surface area contributed by atoms with Crippen LogP contribution >= 0.6 is 0 Å². The van der Waals surface area contributed by atoms with E-state index >= 15 is 0 Å². The number of carboxylic acids is 1. The number of carboxylic acid groups (broad SMARTS) is 1. The van der Waals surface area contributed by atoms with E-state index in [1.54, 1.807) is 6.92 Å². The number of hydrogen-bond donors (Lipinski definition) is 2. The second-order valence-electron chi connectivity index (χ2n) is 2.22. The fourth-order valence-electron chi connectivity index (χ4n) is 0.609. The number of carbonyl (C=O) groups excluding carboxylic acids is 1. The Morgan fingerprint density at radius 1 is 1.67 bits per heavy atom. The van der Waals surface area contributed by atoms with Crippen LogP contribution in [0.25, 0.3) is 0 Å². The number of nitrogens with one attached hydrogen (secondary N) is 1. The van der Waals surface area contributed by atoms with E-state index in [4.69, 9.17) is 10.4 Å². The average Bonchev–Trinajstić information content (AvgIpc) is 2.00. The van der Waals surface area contributed by atoms with E-state index in [-0.39, 0.29) is 6.42 Å². The molecule has 5 heteroatoms. The average molecular weight is 170 g/mol. The lowest BCUT2D eigenvalue weighted by atomic mass is 10.3. The number of carbonyl (C=O) groups is 2. The number of aliphatic carboxylic acids is 1. The predicted octanol–water partition coefficient (Wildman–Crippen LogP) is -0.121. The Morgan fingerprint density at radius 2 is 2.25 bits per heavy atom. The van der Waals surface area contributed by atoms with Gasteiger partial charge in [0.1, 0.15) is 0 Å². The normalized spacial score (nSPS) is 11.3. The van der Waals surface area contributed by atoms with E-state index < -0.39 is 17.9 Å². The van der Waals surface area contributed by atoms with Gasteiger partial charge in [0.25, 0.3) is 0 Å². The van der Waals surface area contributed by atoms with Gasteiger partial charge in [0, 0.05) is 6.42 Å². The summed E-state index contributed by atoms with van der Waals surface area (Å²) < 4.78 is 0. The third-order valence-electron chi connectivity index (χ3n) is 1.16. The highest BCUT2D eigenvalue weighted by atomic mass is 16.4. The topological polar surface area (TPSA) is 90.2 Å². The largest absolute Gasteiger partial charge is 0.479 e. The minimum Gasteiger partial charge on any atom is -0.479 e. The van der Waals surface area contributed by atoms with Gasteiger partial charge in [0.15, 0.2) is 0 Å². The summed E-state index contributed by atoms with van der Waals surface area (Å²) in [5.74, 6) is -1.74. The fraction of sp³-hybridized carbons (Fsp3) is 0.571. The zero-order valence-corrected chi connectivity index (χ0v) is 6.70. The first kappa shape index (κ1) is 10.4. The van der Waals surface area contributed by atoms with Gasteiger partial charge in [0.05, 0.1) is 6.07 Å². The van der Waals surface area contributed by atoms with Crippen LogP contribution in [0.15, 0.2) is 0 Å². The quantitative estimate of drug-likeness (QED) is 0.615. The summed E-state index contributed by atoms with van der Waals surface area (Å²) in [5, 5.41) is 18.7. The minimum atomic E-state index is -1.43. The lowest BCUT2D eigenvalue weighted by molar-refractivity contribution is -0.140. The molecule has 0 aliphatic heterocycles. The van der Waals surface area contributed by atoms with Crippen LogP contribution in [0.4, 0.5) is 0 Å². The van der Waals surface area contributed by atoms with Crippen LogP contribution in [0.2, 0.25) is 0 Å². The Bertz CT molecular complexity index is 219. The summed E-state index contributed by atoms with van der Waals surface area (Å²) in [7, 11) is 0. The SMILES string of the molecule is CCCC(=O)N[C@@H](C#N)C(=O)O. The van der Waals surface area contributed by atoms with Crippen LogP contribution in [0.3, 0.4) is 0 Å². The van der Waals surface area contributed by atoms with Crippen LogP contribution in [-0.2, 0) is 9.59 Å². The minimum absolute atomic E-state index is 0.242. The highest BCUT2D eigenvalue weighted by Crippen LogP contribution is 1.88. The van der Waals surface area contributed by atoms with Crippen molar-refractivity contribution in [3.63, 3.8) is 0 Å². The zero-order valence-electron chi connectivity index (χ0n) is 6.70. The molecule has 0 aliphatic rings. The van der Waals surface area contributed by atoms with Gasteiger partial charge in [0.2, 0.25) is 11.9 Å². The molecule has 0 aromatic rings. The van der Waals surface area contributed by atoms with E-state index in [0.717, 1.165) is 0 Å². The zero-order chi connectivity index (χ0) is 9.56. The molecule has 5 nitrogen and oxygen atoms in total. The van der Waals surface area contributed by atoms with Crippen molar-refractivity contribution in [3.8, 4) is 6.07 Å². The van der Waals surface area contributed by atoms with Crippen molar-refractivity contribution in [2.75, 3.05) is 0 Å². The number of rotatable bonds is 4. The van der Waals surface area contributed by atoms with Crippen LogP contribution < -0.4 is 5.32 Å². The molecule has 66 valence electrons. The standard InChI is InChI=1S/C7H10N2O3/c1-2-3-6(10)9-5(4-8)7(11)12/h5H,2-3H2,1H3,(H,9,10)(H,11,12)/t5-/m0/s1. The molecule has 0 aliphatic carbocycles. The summed E-state index contributed by atoms with van der Waals surface area (Å²) in [6, 6.07) is 0.0325. The van der Waals surface area contributed by atoms with E-state index in [1.807, 2.05) is 0 Å². The molecular weight excluding hydrogens is 160 g/mol. The Labute approximate surface area is 70.0 Å². The Kier molecular flexibility index (Phi) is 4.46. The van der Waals surface area contributed by atoms with Crippen molar-refractivity contribution in [2.45, 2.75) is 25.8 Å². The first-order chi connectivity index (χ1) is 5.61. The molecule has 1 amide bonds. The van der Waals surface area contributed by atoms with Gasteiger partial charge in [-0.1, -0.05) is 6.92 Å². The molecule has 0 unspecified atom stereocenters. The number of nitrogens with zero attached hydrogens (tertiary/aromatic N) is 1. The molecule has 1 atom stereocenters. The monoisotopic (exact) mass is 170 g/mol. The van der Waals surface area contributed by atoms with Gasteiger partial charge in [-0.25, -0.2) is 4.79 Å². The summed E-state index contributed by atoms with van der Waals surface area (Å²) in [4.78, 5) is 21.0. The second-order valence-corrected chi connectivity index (χ2v) is 2.22. The third kappa shape index (κ3) is 3.56. The van der Waals surface area contributed by atoms with Crippen LogP contribution in [0, 0.1) is 11.3 Å². The van der Waals surface area contributed by atoms with Crippen molar-refractivity contribution in [1.29, 1.82) is 5.26 Å². The molecule has 0 aromatic carbocycles. The fourth-order valence-corrected chi connectivity index (χ4v) is 0.609. The van der Waals surface area contributed by atoms with Gasteiger partial charge >= 0.3 is 5.97 Å². The van der Waals surface area contributed by atoms with Gasteiger partial charge < -0.3 is 10.4 Å². The molecular formula is C7H10N2O3. The number of amides is 1. The lowest BCUT2D eigenvalue weighted by Gasteiger charge is -2.05. The molecule has 0 saturated heterocycles. The summed E-state index contributed by atoms with van der Waals surface area (Å²) in [5.41, 5.74) is 0. The van der Waals surface area contributed by atoms with Crippen LogP contribution in [0.1, 0.15) is 19.8 Å². The Balaban J connectivity index is 3.97. The molecule has 0 heterocycles. The van der Waals surface area contributed by atoms with Gasteiger partial charge in [-0.3, -0.25) is 4.79 Å². The number of hydrogen-bond acceptors (Lipinski definition) is 3. The van der Waals surface area contributed by atoms with E-state index in [1.165, 1.54) is 6.07 Å². The van der Waals surface area contributed by atoms with Crippen LogP contribution in [-0.4, -0.2) is 23.0 Å². The Morgan fingerprint density at radius 3 is 2.58 bits per heavy atom. The third-order valence-corrected chi connectivity index (χ3v) is 1.16. The van der Waals surface area contributed by atoms with Gasteiger partial charge in [-0.15, -0.1) is 0 Å². The summed E-state index contributed by atoms with van der Waals surface area (Å²) in [6.07, 6.45) is 0.870. The molecule has 12 heavy (non-hydrogen) atoms. The highest BCUT2D eigenvalue weighted by molar-refractivity contribution is 5.85. The molecule has 0 rings (SSSR count). The van der Waals surface area contributed by atoms with Gasteiger partial charge in [-0.05, 0) is 6.42 Å². The van der Waals surface area contributed by atoms with Crippen molar-refractivity contribution in [1.82, 2.24) is 5.32 Å². The molecule has 0 bridgehead atoms.